The Morgan fingerprint density at radius 1 is 0.885 bits per heavy atom. The van der Waals surface area contributed by atoms with Gasteiger partial charge in [0.1, 0.15) is 5.75 Å². The maximum absolute atomic E-state index is 11.3. The number of hydrogen-bond donors (Lipinski definition) is 2. The molecule has 2 aromatic rings. The predicted octanol–water partition coefficient (Wildman–Crippen LogP) is 3.63. The van der Waals surface area contributed by atoms with Gasteiger partial charge in [-0.05, 0) is 63.1 Å². The molecular formula is C20H25NO5. The van der Waals surface area contributed by atoms with Gasteiger partial charge < -0.3 is 20.3 Å². The number of carbonyl (C=O) groups is 2. The summed E-state index contributed by atoms with van der Waals surface area (Å²) in [6, 6.07) is 9.83. The number of carbonyl (C=O) groups excluding carboxylic acids is 2. The lowest BCUT2D eigenvalue weighted by Gasteiger charge is -2.05. The number of ether oxygens (including phenoxy) is 2. The lowest BCUT2D eigenvalue weighted by Crippen LogP contribution is -2.07. The summed E-state index contributed by atoms with van der Waals surface area (Å²) >= 11 is 0. The highest BCUT2D eigenvalue weighted by Crippen LogP contribution is 2.16. The summed E-state index contributed by atoms with van der Waals surface area (Å²) in [5.41, 5.74) is 8.78. The summed E-state index contributed by atoms with van der Waals surface area (Å²) in [4.78, 5) is 22.6. The molecule has 0 aromatic heterocycles. The number of phenolic OH excluding ortho intramolecular Hbond substituents is 1. The van der Waals surface area contributed by atoms with Crippen LogP contribution in [-0.4, -0.2) is 30.3 Å². The topological polar surface area (TPSA) is 98.9 Å². The van der Waals surface area contributed by atoms with Gasteiger partial charge in [0.2, 0.25) is 0 Å². The van der Waals surface area contributed by atoms with E-state index in [9.17, 15) is 9.59 Å². The van der Waals surface area contributed by atoms with Gasteiger partial charge in [-0.25, -0.2) is 9.59 Å². The minimum Gasteiger partial charge on any atom is -0.508 e. The lowest BCUT2D eigenvalue weighted by molar-refractivity contribution is 0.0515. The van der Waals surface area contributed by atoms with Crippen LogP contribution in [0.15, 0.2) is 36.4 Å². The Morgan fingerprint density at radius 3 is 1.85 bits per heavy atom. The Morgan fingerprint density at radius 2 is 1.35 bits per heavy atom. The second-order valence-corrected chi connectivity index (χ2v) is 5.51. The largest absolute Gasteiger partial charge is 0.508 e. The number of nitrogen functional groups attached to an aromatic ring is 1. The first-order valence-electron chi connectivity index (χ1n) is 8.30. The molecule has 0 aliphatic heterocycles. The fourth-order valence-corrected chi connectivity index (χ4v) is 2.11. The van der Waals surface area contributed by atoms with Crippen molar-refractivity contribution in [1.82, 2.24) is 0 Å². The van der Waals surface area contributed by atoms with Crippen molar-refractivity contribution in [3.05, 3.63) is 58.7 Å². The monoisotopic (exact) mass is 359 g/mol. The molecule has 6 nitrogen and oxygen atoms in total. The van der Waals surface area contributed by atoms with E-state index in [2.05, 4.69) is 0 Å². The predicted molar refractivity (Wildman–Crippen MR) is 100 cm³/mol. The third-order valence-electron chi connectivity index (χ3n) is 3.47. The zero-order chi connectivity index (χ0) is 19.7. The minimum atomic E-state index is -0.393. The fraction of sp³-hybridized carbons (Fsp3) is 0.300. The van der Waals surface area contributed by atoms with E-state index in [-0.39, 0.29) is 11.7 Å². The molecule has 2 aromatic carbocycles. The van der Waals surface area contributed by atoms with Gasteiger partial charge in [0.25, 0.3) is 0 Å². The van der Waals surface area contributed by atoms with Gasteiger partial charge in [-0.1, -0.05) is 12.1 Å². The van der Waals surface area contributed by atoms with Crippen molar-refractivity contribution >= 4 is 17.6 Å². The molecule has 0 bridgehead atoms. The molecule has 3 N–H and O–H groups in total. The number of phenols is 1. The molecule has 0 spiro atoms. The van der Waals surface area contributed by atoms with Crippen molar-refractivity contribution in [2.45, 2.75) is 27.7 Å². The van der Waals surface area contributed by atoms with Gasteiger partial charge in [-0.3, -0.25) is 0 Å². The maximum Gasteiger partial charge on any atom is 0.338 e. The molecule has 2 rings (SSSR count). The van der Waals surface area contributed by atoms with Crippen LogP contribution in [0.4, 0.5) is 5.69 Å². The average molecular weight is 359 g/mol. The van der Waals surface area contributed by atoms with E-state index in [0.29, 0.717) is 30.0 Å². The highest BCUT2D eigenvalue weighted by Gasteiger charge is 2.10. The highest BCUT2D eigenvalue weighted by molar-refractivity contribution is 5.92. The number of aromatic hydroxyl groups is 1. The number of esters is 2. The van der Waals surface area contributed by atoms with Gasteiger partial charge in [0, 0.05) is 5.69 Å². The average Bonchev–Trinajstić information content (AvgIpc) is 2.60. The summed E-state index contributed by atoms with van der Waals surface area (Å²) in [5, 5.41) is 9.15. The Labute approximate surface area is 153 Å². The summed E-state index contributed by atoms with van der Waals surface area (Å²) in [7, 11) is 0. The molecule has 0 saturated carbocycles. The first-order valence-corrected chi connectivity index (χ1v) is 8.30. The first-order chi connectivity index (χ1) is 12.3. The smallest absolute Gasteiger partial charge is 0.338 e. The molecule has 0 heterocycles. The third kappa shape index (κ3) is 6.12. The Balaban J connectivity index is 0.000000260. The Hall–Kier alpha value is -3.02. The molecule has 6 heteroatoms. The molecule has 0 fully saturated rings. The SMILES string of the molecule is CCOC(=O)c1cc(N)ccc1C.CCOC(=O)c1cc(O)ccc1C. The van der Waals surface area contributed by atoms with Gasteiger partial charge >= 0.3 is 11.9 Å². The van der Waals surface area contributed by atoms with Gasteiger partial charge in [0.15, 0.2) is 0 Å². The second-order valence-electron chi connectivity index (χ2n) is 5.51. The first kappa shape index (κ1) is 21.0. The fourth-order valence-electron chi connectivity index (χ4n) is 2.11. The molecule has 26 heavy (non-hydrogen) atoms. The normalized spacial score (nSPS) is 9.69. The number of benzene rings is 2. The van der Waals surface area contributed by atoms with Crippen molar-refractivity contribution in [3.8, 4) is 5.75 Å². The zero-order valence-electron chi connectivity index (χ0n) is 15.5. The third-order valence-corrected chi connectivity index (χ3v) is 3.47. The van der Waals surface area contributed by atoms with Gasteiger partial charge in [-0.2, -0.15) is 0 Å². The highest BCUT2D eigenvalue weighted by atomic mass is 16.5. The summed E-state index contributed by atoms with van der Waals surface area (Å²) in [5.74, 6) is -0.628. The summed E-state index contributed by atoms with van der Waals surface area (Å²) < 4.78 is 9.68. The van der Waals surface area contributed by atoms with Crippen LogP contribution in [-0.2, 0) is 9.47 Å². The van der Waals surface area contributed by atoms with E-state index in [4.69, 9.17) is 20.3 Å². The second kappa shape index (κ2) is 10.1. The van der Waals surface area contributed by atoms with Crippen molar-refractivity contribution < 1.29 is 24.2 Å². The van der Waals surface area contributed by atoms with Gasteiger partial charge in [0.05, 0.1) is 24.3 Å². The summed E-state index contributed by atoms with van der Waals surface area (Å²) in [6.07, 6.45) is 0. The van der Waals surface area contributed by atoms with Crippen LogP contribution in [0.2, 0.25) is 0 Å². The maximum atomic E-state index is 11.3. The molecule has 0 atom stereocenters. The molecular weight excluding hydrogens is 334 g/mol. The van der Waals surface area contributed by atoms with E-state index in [1.54, 1.807) is 39.0 Å². The lowest BCUT2D eigenvalue weighted by atomic mass is 10.1. The zero-order valence-corrected chi connectivity index (χ0v) is 15.5. The molecule has 0 unspecified atom stereocenters. The standard InChI is InChI=1S/C10H13NO2.C10H12O3/c2*1-3-13-10(12)9-6-8(11)5-4-7(9)2/h4-6H,3,11H2,1-2H3;4-6,11H,3H2,1-2H3. The summed E-state index contributed by atoms with van der Waals surface area (Å²) in [6.45, 7) is 7.90. The van der Waals surface area contributed by atoms with Crippen LogP contribution >= 0.6 is 0 Å². The van der Waals surface area contributed by atoms with Crippen molar-refractivity contribution in [1.29, 1.82) is 0 Å². The number of aryl methyl sites for hydroxylation is 2. The minimum absolute atomic E-state index is 0.0775. The van der Waals surface area contributed by atoms with E-state index < -0.39 is 5.97 Å². The number of anilines is 1. The van der Waals surface area contributed by atoms with E-state index in [1.165, 1.54) is 12.1 Å². The molecule has 0 radical (unpaired) electrons. The van der Waals surface area contributed by atoms with Crippen LogP contribution in [0.3, 0.4) is 0 Å². The van der Waals surface area contributed by atoms with Crippen LogP contribution in [0.1, 0.15) is 45.7 Å². The quantitative estimate of drug-likeness (QED) is 0.639. The van der Waals surface area contributed by atoms with E-state index >= 15 is 0 Å². The van der Waals surface area contributed by atoms with Crippen LogP contribution in [0.25, 0.3) is 0 Å². The molecule has 0 saturated heterocycles. The van der Waals surface area contributed by atoms with E-state index in [0.717, 1.165) is 11.1 Å². The number of nitrogens with two attached hydrogens (primary N) is 1. The molecule has 0 aliphatic rings. The van der Waals surface area contributed by atoms with Crippen molar-refractivity contribution in [2.75, 3.05) is 18.9 Å². The van der Waals surface area contributed by atoms with Crippen LogP contribution in [0, 0.1) is 13.8 Å². The van der Waals surface area contributed by atoms with Crippen molar-refractivity contribution in [3.63, 3.8) is 0 Å². The molecule has 140 valence electrons. The van der Waals surface area contributed by atoms with E-state index in [1.807, 2.05) is 13.0 Å². The Kier molecular flexibility index (Phi) is 8.15. The van der Waals surface area contributed by atoms with Crippen LogP contribution < -0.4 is 5.73 Å². The molecule has 0 amide bonds. The van der Waals surface area contributed by atoms with Gasteiger partial charge in [-0.15, -0.1) is 0 Å². The van der Waals surface area contributed by atoms with Crippen molar-refractivity contribution in [2.24, 2.45) is 0 Å². The Bertz CT molecular complexity index is 705. The molecule has 0 aliphatic carbocycles. The van der Waals surface area contributed by atoms with Crippen LogP contribution in [0.5, 0.6) is 5.75 Å². The number of hydrogen-bond acceptors (Lipinski definition) is 6. The number of rotatable bonds is 4.